The van der Waals surface area contributed by atoms with Crippen LogP contribution in [-0.2, 0) is 19.7 Å². The first kappa shape index (κ1) is 34.5. The molecule has 48 heavy (non-hydrogen) atoms. The molecule has 0 radical (unpaired) electrons. The van der Waals surface area contributed by atoms with E-state index in [0.29, 0.717) is 23.7 Å². The number of rotatable bonds is 12. The van der Waals surface area contributed by atoms with Gasteiger partial charge in [-0.2, -0.15) is 0 Å². The molecule has 2 saturated carbocycles. The van der Waals surface area contributed by atoms with Crippen molar-refractivity contribution in [2.45, 2.75) is 114 Å². The summed E-state index contributed by atoms with van der Waals surface area (Å²) >= 11 is 0. The average molecular weight is 658 g/mol. The zero-order valence-corrected chi connectivity index (χ0v) is 28.7. The number of ether oxygens (including phenoxy) is 2. The Kier molecular flexibility index (Phi) is 9.94. The molecular formula is C39H51N3O6. The van der Waals surface area contributed by atoms with E-state index in [-0.39, 0.29) is 48.1 Å². The van der Waals surface area contributed by atoms with Crippen LogP contribution < -0.4 is 11.1 Å². The Morgan fingerprint density at radius 1 is 1.06 bits per heavy atom. The number of epoxide rings is 1. The van der Waals surface area contributed by atoms with Crippen molar-refractivity contribution in [3.63, 3.8) is 0 Å². The fourth-order valence-corrected chi connectivity index (χ4v) is 9.08. The Labute approximate surface area is 284 Å². The van der Waals surface area contributed by atoms with E-state index in [1.807, 2.05) is 19.1 Å². The summed E-state index contributed by atoms with van der Waals surface area (Å²) in [5.74, 6) is -0.656. The fourth-order valence-electron chi connectivity index (χ4n) is 9.08. The number of ketones is 2. The van der Waals surface area contributed by atoms with Gasteiger partial charge in [0.15, 0.2) is 11.4 Å². The Morgan fingerprint density at radius 3 is 2.46 bits per heavy atom. The predicted octanol–water partition coefficient (Wildman–Crippen LogP) is 5.89. The molecule has 4 N–H and O–H groups in total. The number of pyridine rings is 1. The van der Waals surface area contributed by atoms with Gasteiger partial charge >= 0.3 is 5.97 Å². The summed E-state index contributed by atoms with van der Waals surface area (Å²) in [6, 6.07) is 10.8. The van der Waals surface area contributed by atoms with E-state index >= 15 is 0 Å². The minimum atomic E-state index is -2.08. The highest BCUT2D eigenvalue weighted by molar-refractivity contribution is 6.32. The van der Waals surface area contributed by atoms with E-state index in [0.717, 1.165) is 75.5 Å². The molecule has 1 aromatic heterocycles. The molecule has 0 bridgehead atoms. The Hall–Kier alpha value is -3.40. The summed E-state index contributed by atoms with van der Waals surface area (Å²) in [5.41, 5.74) is 5.11. The minimum Gasteiger partial charge on any atom is -0.463 e. The third-order valence-electron chi connectivity index (χ3n) is 11.9. The first-order valence-electron chi connectivity index (χ1n) is 17.9. The molecule has 0 unspecified atom stereocenters. The third kappa shape index (κ3) is 5.92. The van der Waals surface area contributed by atoms with Crippen LogP contribution in [-0.4, -0.2) is 64.6 Å². The number of aliphatic hydroxyl groups is 1. The number of nitrogen functional groups attached to an aromatic ring is 1. The second kappa shape index (κ2) is 13.8. The van der Waals surface area contributed by atoms with Crippen LogP contribution >= 0.6 is 0 Å². The lowest BCUT2D eigenvalue weighted by Crippen LogP contribution is -2.51. The topological polar surface area (TPSA) is 144 Å². The van der Waals surface area contributed by atoms with Crippen molar-refractivity contribution in [3.8, 4) is 0 Å². The monoisotopic (exact) mass is 657 g/mol. The summed E-state index contributed by atoms with van der Waals surface area (Å²) in [5, 5.41) is 14.3. The highest BCUT2D eigenvalue weighted by Gasteiger charge is 2.85. The van der Waals surface area contributed by atoms with Crippen molar-refractivity contribution in [1.29, 1.82) is 0 Å². The van der Waals surface area contributed by atoms with Crippen LogP contribution in [0.5, 0.6) is 0 Å². The van der Waals surface area contributed by atoms with Crippen LogP contribution in [0.4, 0.5) is 5.82 Å². The largest absolute Gasteiger partial charge is 0.463 e. The van der Waals surface area contributed by atoms with Crippen LogP contribution in [0.3, 0.4) is 0 Å². The highest BCUT2D eigenvalue weighted by atomic mass is 16.7. The molecule has 2 heterocycles. The molecule has 3 aliphatic carbocycles. The maximum atomic E-state index is 14.3. The van der Waals surface area contributed by atoms with Gasteiger partial charge in [0, 0.05) is 35.7 Å². The van der Waals surface area contributed by atoms with E-state index in [9.17, 15) is 19.5 Å². The Bertz CT molecular complexity index is 1580. The van der Waals surface area contributed by atoms with Gasteiger partial charge in [0.05, 0.1) is 13.2 Å². The van der Waals surface area contributed by atoms with E-state index in [2.05, 4.69) is 24.1 Å². The van der Waals surface area contributed by atoms with Gasteiger partial charge < -0.3 is 25.6 Å². The van der Waals surface area contributed by atoms with Crippen LogP contribution in [0.2, 0.25) is 0 Å². The number of anilines is 1. The van der Waals surface area contributed by atoms with Gasteiger partial charge in [0.1, 0.15) is 5.82 Å². The number of carbonyl (C=O) groups is 3. The molecule has 0 spiro atoms. The van der Waals surface area contributed by atoms with Crippen molar-refractivity contribution in [3.05, 3.63) is 70.4 Å². The lowest BCUT2D eigenvalue weighted by molar-refractivity contribution is -0.150. The van der Waals surface area contributed by atoms with Crippen LogP contribution in [0.25, 0.3) is 0 Å². The first-order valence-corrected chi connectivity index (χ1v) is 17.9. The molecule has 1 aliphatic heterocycles. The molecular weight excluding hydrogens is 606 g/mol. The van der Waals surface area contributed by atoms with Gasteiger partial charge in [-0.1, -0.05) is 69.4 Å². The van der Waals surface area contributed by atoms with Crippen LogP contribution in [0.1, 0.15) is 118 Å². The van der Waals surface area contributed by atoms with E-state index < -0.39 is 28.7 Å². The predicted molar refractivity (Wildman–Crippen MR) is 184 cm³/mol. The Morgan fingerprint density at radius 2 is 1.79 bits per heavy atom. The number of Topliss-reactive ketones (excluding diaryl/α,β-unsaturated/α-hetero) is 2. The van der Waals surface area contributed by atoms with Crippen molar-refractivity contribution in [2.24, 2.45) is 11.8 Å². The fraction of sp³-hybridized carbons (Fsp3) is 0.590. The summed E-state index contributed by atoms with van der Waals surface area (Å²) in [7, 11) is 0. The average Bonchev–Trinajstić information content (AvgIpc) is 3.81. The second-order valence-electron chi connectivity index (χ2n) is 14.6. The number of nitrogens with two attached hydrogens (primary N) is 1. The maximum absolute atomic E-state index is 14.3. The van der Waals surface area contributed by atoms with E-state index in [1.165, 1.54) is 0 Å². The van der Waals surface area contributed by atoms with Gasteiger partial charge in [-0.05, 0) is 86.6 Å². The molecule has 1 saturated heterocycles. The highest BCUT2D eigenvalue weighted by Crippen LogP contribution is 2.60. The normalized spacial score (nSPS) is 29.8. The molecule has 1 aromatic carbocycles. The maximum Gasteiger partial charge on any atom is 0.350 e. The smallest absolute Gasteiger partial charge is 0.350 e. The number of carbonyl (C=O) groups excluding carboxylic acids is 3. The number of nitrogens with one attached hydrogen (secondary N) is 1. The minimum absolute atomic E-state index is 0.0702. The summed E-state index contributed by atoms with van der Waals surface area (Å²) in [4.78, 5) is 46.9. The van der Waals surface area contributed by atoms with Gasteiger partial charge in [-0.15, -0.1) is 0 Å². The van der Waals surface area contributed by atoms with Gasteiger partial charge in [0.2, 0.25) is 5.78 Å². The van der Waals surface area contributed by atoms with Gasteiger partial charge in [-0.25, -0.2) is 9.78 Å². The number of hydrogen-bond acceptors (Lipinski definition) is 9. The first-order chi connectivity index (χ1) is 23.1. The second-order valence-corrected chi connectivity index (χ2v) is 14.6. The molecule has 9 nitrogen and oxygen atoms in total. The van der Waals surface area contributed by atoms with Crippen molar-refractivity contribution < 1.29 is 29.0 Å². The molecule has 2 aromatic rings. The van der Waals surface area contributed by atoms with Crippen LogP contribution in [0, 0.1) is 11.8 Å². The van der Waals surface area contributed by atoms with Crippen molar-refractivity contribution in [1.82, 2.24) is 10.3 Å². The Balaban J connectivity index is 1.32. The summed E-state index contributed by atoms with van der Waals surface area (Å²) in [6.07, 6.45) is 11.7. The lowest BCUT2D eigenvalue weighted by Gasteiger charge is -2.39. The number of aliphatic hydroxyl groups excluding tert-OH is 1. The van der Waals surface area contributed by atoms with Crippen molar-refractivity contribution in [2.75, 3.05) is 25.5 Å². The zero-order valence-electron chi connectivity index (χ0n) is 28.7. The SMILES string of the molecule is CCN[C@H]1CC[C@@H](CC)C[C@H]1COC(=O)[C@]12O[C@@]1(C/C(CO)=C(\C)CC1(c3ccnc(N)c3)CCCCC1)C(=O)c1ccccc1C2=O. The van der Waals surface area contributed by atoms with E-state index in [4.69, 9.17) is 15.2 Å². The molecule has 5 atom stereocenters. The number of esters is 1. The molecule has 9 heteroatoms. The number of benzene rings is 1. The lowest BCUT2D eigenvalue weighted by atomic mass is 9.65. The summed E-state index contributed by atoms with van der Waals surface area (Å²) < 4.78 is 12.2. The standard InChI is InChI=1S/C39H51N3O6/c1-4-26-13-14-32(41-5-2)27(19-26)24-47-36(46)39-35(45)31-12-8-7-11-30(31)34(44)38(39,48-39)22-28(23-43)25(3)21-37(16-9-6-10-17-37)29-15-18-42-33(40)20-29/h7-8,11-12,15,18,20,26-27,32,41,43H,4-6,9-10,13-14,16-17,19,21-24H2,1-3H3,(H2,40,42)/b28-25-/t26-,27+,32+,38+,39+/m1/s1. The molecule has 0 amide bonds. The molecule has 3 fully saturated rings. The zero-order chi connectivity index (χ0) is 34.1. The van der Waals surface area contributed by atoms with E-state index in [1.54, 1.807) is 30.5 Å². The number of nitrogens with zero attached hydrogens (tertiary/aromatic N) is 1. The van der Waals surface area contributed by atoms with Gasteiger partial charge in [0.25, 0.3) is 5.60 Å². The number of aromatic nitrogens is 1. The quantitative estimate of drug-likeness (QED) is 0.110. The molecule has 6 rings (SSSR count). The number of hydrogen-bond donors (Lipinski definition) is 3. The third-order valence-corrected chi connectivity index (χ3v) is 11.9. The van der Waals surface area contributed by atoms with Gasteiger partial charge in [-0.3, -0.25) is 9.59 Å². The number of fused-ring (bicyclic) bond motifs is 2. The molecule has 4 aliphatic rings. The van der Waals surface area contributed by atoms with Crippen LogP contribution in [0.15, 0.2) is 53.7 Å². The molecule has 258 valence electrons. The number of allylic oxidation sites excluding steroid dienone is 1. The summed E-state index contributed by atoms with van der Waals surface area (Å²) in [6.45, 7) is 6.87. The van der Waals surface area contributed by atoms with Crippen molar-refractivity contribution >= 4 is 23.4 Å².